The Morgan fingerprint density at radius 3 is 2.40 bits per heavy atom. The Kier molecular flexibility index (Phi) is 3.16. The Labute approximate surface area is 62.4 Å². The van der Waals surface area contributed by atoms with Crippen molar-refractivity contribution in [3.8, 4) is 0 Å². The van der Waals surface area contributed by atoms with Crippen LogP contribution in [-0.2, 0) is 0 Å². The van der Waals surface area contributed by atoms with E-state index in [1.165, 1.54) is 32.1 Å². The van der Waals surface area contributed by atoms with Gasteiger partial charge in [-0.1, -0.05) is 19.3 Å². The summed E-state index contributed by atoms with van der Waals surface area (Å²) in [4.78, 5) is 0. The zero-order valence-corrected chi connectivity index (χ0v) is 6.42. The van der Waals surface area contributed by atoms with Crippen molar-refractivity contribution in [2.24, 2.45) is 11.7 Å². The van der Waals surface area contributed by atoms with Crippen molar-refractivity contribution in [2.75, 3.05) is 6.54 Å². The molecule has 0 spiro atoms. The van der Waals surface area contributed by atoms with Crippen LogP contribution in [0, 0.1) is 5.92 Å². The lowest BCUT2D eigenvalue weighted by Gasteiger charge is -2.25. The predicted octanol–water partition coefficient (Wildman–Crippen LogP) is 0.886. The normalized spacial score (nSPS) is 24.6. The third-order valence-electron chi connectivity index (χ3n) is 2.44. The minimum atomic E-state index is -0.236. The zero-order valence-electron chi connectivity index (χ0n) is 6.42. The maximum atomic E-state index is 9.36. The molecule has 0 heterocycles. The van der Waals surface area contributed by atoms with Gasteiger partial charge in [0.2, 0.25) is 0 Å². The number of hydrogen-bond donors (Lipinski definition) is 2. The van der Waals surface area contributed by atoms with Crippen LogP contribution in [0.4, 0.5) is 0 Å². The van der Waals surface area contributed by atoms with Gasteiger partial charge in [-0.2, -0.15) is 0 Å². The monoisotopic (exact) mass is 143 g/mol. The van der Waals surface area contributed by atoms with Gasteiger partial charge in [-0.05, 0) is 18.8 Å². The topological polar surface area (TPSA) is 46.2 Å². The van der Waals surface area contributed by atoms with Crippen molar-refractivity contribution in [1.29, 1.82) is 0 Å². The Bertz CT molecular complexity index is 89.3. The first-order valence-electron chi connectivity index (χ1n) is 4.22. The van der Waals surface area contributed by atoms with E-state index in [1.54, 1.807) is 0 Å². The van der Waals surface area contributed by atoms with Gasteiger partial charge < -0.3 is 10.8 Å². The minimum absolute atomic E-state index is 0.236. The minimum Gasteiger partial charge on any atom is -0.392 e. The fraction of sp³-hybridized carbons (Fsp3) is 1.00. The molecule has 1 fully saturated rings. The summed E-state index contributed by atoms with van der Waals surface area (Å²) in [6.45, 7) is 0.435. The first-order chi connectivity index (χ1) is 4.84. The third-order valence-corrected chi connectivity index (χ3v) is 2.44. The highest BCUT2D eigenvalue weighted by Crippen LogP contribution is 2.25. The summed E-state index contributed by atoms with van der Waals surface area (Å²) in [5, 5.41) is 9.36. The Hall–Kier alpha value is -0.0800. The molecular weight excluding hydrogens is 126 g/mol. The van der Waals surface area contributed by atoms with E-state index < -0.39 is 0 Å². The summed E-state index contributed by atoms with van der Waals surface area (Å²) >= 11 is 0. The van der Waals surface area contributed by atoms with Gasteiger partial charge in [0.25, 0.3) is 0 Å². The van der Waals surface area contributed by atoms with Crippen molar-refractivity contribution >= 4 is 0 Å². The SMILES string of the molecule is NC[C@H](O)C1CCCCC1. The largest absolute Gasteiger partial charge is 0.392 e. The molecule has 0 bridgehead atoms. The first-order valence-corrected chi connectivity index (χ1v) is 4.22. The molecule has 1 atom stereocenters. The fourth-order valence-corrected chi connectivity index (χ4v) is 1.71. The Morgan fingerprint density at radius 1 is 1.30 bits per heavy atom. The molecule has 1 saturated carbocycles. The molecule has 0 radical (unpaired) electrons. The van der Waals surface area contributed by atoms with E-state index in [0.717, 1.165) is 0 Å². The predicted molar refractivity (Wildman–Crippen MR) is 41.6 cm³/mol. The number of nitrogens with two attached hydrogens (primary N) is 1. The molecule has 1 rings (SSSR count). The van der Waals surface area contributed by atoms with Crippen LogP contribution in [-0.4, -0.2) is 17.8 Å². The molecule has 0 aromatic heterocycles. The molecular formula is C8H17NO. The van der Waals surface area contributed by atoms with Crippen molar-refractivity contribution in [3.05, 3.63) is 0 Å². The second kappa shape index (κ2) is 3.94. The van der Waals surface area contributed by atoms with Gasteiger partial charge in [-0.15, -0.1) is 0 Å². The van der Waals surface area contributed by atoms with Crippen LogP contribution < -0.4 is 5.73 Å². The highest BCUT2D eigenvalue weighted by atomic mass is 16.3. The average molecular weight is 143 g/mol. The van der Waals surface area contributed by atoms with Crippen LogP contribution in [0.25, 0.3) is 0 Å². The van der Waals surface area contributed by atoms with E-state index in [4.69, 9.17) is 5.73 Å². The lowest BCUT2D eigenvalue weighted by Crippen LogP contribution is -2.30. The van der Waals surface area contributed by atoms with Gasteiger partial charge in [0, 0.05) is 6.54 Å². The quantitative estimate of drug-likeness (QED) is 0.603. The highest BCUT2D eigenvalue weighted by Gasteiger charge is 2.19. The zero-order chi connectivity index (χ0) is 7.40. The molecule has 1 aliphatic rings. The Morgan fingerprint density at radius 2 is 1.90 bits per heavy atom. The van der Waals surface area contributed by atoms with Gasteiger partial charge in [0.1, 0.15) is 0 Å². The summed E-state index contributed by atoms with van der Waals surface area (Å²) in [6.07, 6.45) is 6.02. The van der Waals surface area contributed by atoms with E-state index in [9.17, 15) is 5.11 Å². The third kappa shape index (κ3) is 1.96. The molecule has 0 aromatic carbocycles. The summed E-state index contributed by atoms with van der Waals surface area (Å²) < 4.78 is 0. The summed E-state index contributed by atoms with van der Waals surface area (Å²) in [5.74, 6) is 0.499. The number of hydrogen-bond acceptors (Lipinski definition) is 2. The molecule has 1 aliphatic carbocycles. The van der Waals surface area contributed by atoms with E-state index in [1.807, 2.05) is 0 Å². The molecule has 0 aliphatic heterocycles. The van der Waals surface area contributed by atoms with Crippen LogP contribution in [0.1, 0.15) is 32.1 Å². The van der Waals surface area contributed by atoms with E-state index in [-0.39, 0.29) is 6.10 Å². The molecule has 0 unspecified atom stereocenters. The van der Waals surface area contributed by atoms with Crippen LogP contribution in [0.2, 0.25) is 0 Å². The maximum absolute atomic E-state index is 9.36. The Balaban J connectivity index is 2.24. The van der Waals surface area contributed by atoms with Crippen molar-refractivity contribution < 1.29 is 5.11 Å². The van der Waals surface area contributed by atoms with Gasteiger partial charge in [-0.25, -0.2) is 0 Å². The standard InChI is InChI=1S/C8H17NO/c9-6-8(10)7-4-2-1-3-5-7/h7-8,10H,1-6,9H2/t8-/m0/s1. The average Bonchev–Trinajstić information content (AvgIpc) is 2.05. The van der Waals surface area contributed by atoms with E-state index in [2.05, 4.69) is 0 Å². The van der Waals surface area contributed by atoms with E-state index in [0.29, 0.717) is 12.5 Å². The van der Waals surface area contributed by atoms with Gasteiger partial charge in [0.15, 0.2) is 0 Å². The lowest BCUT2D eigenvalue weighted by molar-refractivity contribution is 0.0920. The van der Waals surface area contributed by atoms with Crippen LogP contribution in [0.5, 0.6) is 0 Å². The molecule has 0 aromatic rings. The molecule has 0 amide bonds. The summed E-state index contributed by atoms with van der Waals surface area (Å²) in [5.41, 5.74) is 5.35. The first kappa shape index (κ1) is 8.02. The number of aliphatic hydroxyl groups excluding tert-OH is 1. The summed E-state index contributed by atoms with van der Waals surface area (Å²) in [7, 11) is 0. The number of rotatable bonds is 2. The number of aliphatic hydroxyl groups is 1. The highest BCUT2D eigenvalue weighted by molar-refractivity contribution is 4.73. The van der Waals surface area contributed by atoms with Gasteiger partial charge in [0.05, 0.1) is 6.10 Å². The molecule has 60 valence electrons. The summed E-state index contributed by atoms with van der Waals surface area (Å²) in [6, 6.07) is 0. The fourth-order valence-electron chi connectivity index (χ4n) is 1.71. The molecule has 2 nitrogen and oxygen atoms in total. The van der Waals surface area contributed by atoms with Crippen molar-refractivity contribution in [1.82, 2.24) is 0 Å². The molecule has 0 saturated heterocycles. The van der Waals surface area contributed by atoms with Crippen LogP contribution >= 0.6 is 0 Å². The molecule has 10 heavy (non-hydrogen) atoms. The van der Waals surface area contributed by atoms with Crippen LogP contribution in [0.15, 0.2) is 0 Å². The van der Waals surface area contributed by atoms with Gasteiger partial charge in [-0.3, -0.25) is 0 Å². The van der Waals surface area contributed by atoms with Crippen LogP contribution in [0.3, 0.4) is 0 Å². The molecule has 2 heteroatoms. The van der Waals surface area contributed by atoms with E-state index >= 15 is 0 Å². The second-order valence-electron chi connectivity index (χ2n) is 3.20. The van der Waals surface area contributed by atoms with Crippen molar-refractivity contribution in [3.63, 3.8) is 0 Å². The smallest absolute Gasteiger partial charge is 0.0690 e. The maximum Gasteiger partial charge on any atom is 0.0690 e. The second-order valence-corrected chi connectivity index (χ2v) is 3.20. The lowest BCUT2D eigenvalue weighted by atomic mass is 9.85. The van der Waals surface area contributed by atoms with Gasteiger partial charge >= 0.3 is 0 Å². The molecule has 3 N–H and O–H groups in total. The van der Waals surface area contributed by atoms with Crippen molar-refractivity contribution in [2.45, 2.75) is 38.2 Å².